The van der Waals surface area contributed by atoms with Crippen molar-refractivity contribution in [2.24, 2.45) is 10.9 Å². The Morgan fingerprint density at radius 2 is 1.65 bits per heavy atom. The van der Waals surface area contributed by atoms with Gasteiger partial charge in [0.25, 0.3) is 5.91 Å². The highest BCUT2D eigenvalue weighted by Crippen LogP contribution is 2.31. The third-order valence-electron chi connectivity index (χ3n) is 5.36. The summed E-state index contributed by atoms with van der Waals surface area (Å²) in [6.45, 7) is 0.116. The molecule has 1 heterocycles. The maximum absolute atomic E-state index is 14.9. The van der Waals surface area contributed by atoms with Gasteiger partial charge in [-0.05, 0) is 53.1 Å². The number of anilines is 1. The van der Waals surface area contributed by atoms with E-state index in [2.05, 4.69) is 10.4 Å². The first-order valence-electron chi connectivity index (χ1n) is 10.6. The van der Waals surface area contributed by atoms with Crippen LogP contribution >= 0.6 is 0 Å². The van der Waals surface area contributed by atoms with Crippen LogP contribution in [0.2, 0.25) is 0 Å². The van der Waals surface area contributed by atoms with Crippen LogP contribution < -0.4 is 16.2 Å². The van der Waals surface area contributed by atoms with Gasteiger partial charge in [-0.2, -0.15) is 18.3 Å². The minimum atomic E-state index is -4.82. The summed E-state index contributed by atoms with van der Waals surface area (Å²) in [4.78, 5) is 12.8. The fourth-order valence-corrected chi connectivity index (χ4v) is 4.03. The van der Waals surface area contributed by atoms with Gasteiger partial charge in [0.2, 0.25) is 10.0 Å². The molecule has 0 bridgehead atoms. The first kappa shape index (κ1) is 26.0. The van der Waals surface area contributed by atoms with E-state index in [1.54, 1.807) is 12.1 Å². The van der Waals surface area contributed by atoms with Crippen LogP contribution in [0.3, 0.4) is 0 Å². The lowest BCUT2D eigenvalue weighted by molar-refractivity contribution is -0.141. The number of primary sulfonamides is 1. The lowest BCUT2D eigenvalue weighted by atomic mass is 10.1. The van der Waals surface area contributed by atoms with Gasteiger partial charge in [0, 0.05) is 12.6 Å². The Bertz CT molecular complexity index is 1580. The molecule has 5 N–H and O–H groups in total. The van der Waals surface area contributed by atoms with Crippen LogP contribution in [0.25, 0.3) is 16.8 Å². The van der Waals surface area contributed by atoms with Gasteiger partial charge in [-0.3, -0.25) is 4.79 Å². The third kappa shape index (κ3) is 5.69. The minimum Gasteiger partial charge on any atom is -0.326 e. The lowest BCUT2D eigenvalue weighted by Crippen LogP contribution is -2.18. The number of amides is 1. The SMILES string of the molecule is NCc1cccc(-n2nc(C(F)(F)F)cc2C(=O)Nc2ccc(-c3ccc(S(N)(=O)=O)cc3)cc2F)c1. The number of sulfonamides is 1. The molecule has 0 aliphatic rings. The summed E-state index contributed by atoms with van der Waals surface area (Å²) < 4.78 is 78.6. The fourth-order valence-electron chi connectivity index (χ4n) is 3.51. The third-order valence-corrected chi connectivity index (χ3v) is 6.29. The number of nitrogens with zero attached hydrogens (tertiary/aromatic N) is 2. The zero-order chi connectivity index (χ0) is 27.0. The van der Waals surface area contributed by atoms with E-state index in [1.807, 2.05) is 0 Å². The maximum Gasteiger partial charge on any atom is 0.435 e. The molecular formula is C24H19F4N5O3S. The second-order valence-corrected chi connectivity index (χ2v) is 9.48. The normalized spacial score (nSPS) is 11.9. The number of nitrogens with one attached hydrogen (secondary N) is 1. The van der Waals surface area contributed by atoms with Crippen molar-refractivity contribution in [2.75, 3.05) is 5.32 Å². The predicted octanol–water partition coefficient (Wildman–Crippen LogP) is 4.06. The lowest BCUT2D eigenvalue weighted by Gasteiger charge is -2.11. The molecule has 1 aromatic heterocycles. The highest BCUT2D eigenvalue weighted by Gasteiger charge is 2.36. The van der Waals surface area contributed by atoms with Crippen LogP contribution in [0.15, 0.2) is 77.7 Å². The summed E-state index contributed by atoms with van der Waals surface area (Å²) in [7, 11) is -3.90. The number of halogens is 4. The van der Waals surface area contributed by atoms with Gasteiger partial charge in [-0.1, -0.05) is 30.3 Å². The molecule has 8 nitrogen and oxygen atoms in total. The molecule has 0 radical (unpaired) electrons. The first-order chi connectivity index (χ1) is 17.4. The van der Waals surface area contributed by atoms with Crippen molar-refractivity contribution in [3.8, 4) is 16.8 Å². The molecule has 0 unspecified atom stereocenters. The summed E-state index contributed by atoms with van der Waals surface area (Å²) >= 11 is 0. The zero-order valence-electron chi connectivity index (χ0n) is 18.8. The van der Waals surface area contributed by atoms with Gasteiger partial charge in [0.05, 0.1) is 16.3 Å². The Balaban J connectivity index is 1.65. The Morgan fingerprint density at radius 1 is 0.973 bits per heavy atom. The van der Waals surface area contributed by atoms with E-state index in [0.29, 0.717) is 22.8 Å². The molecule has 192 valence electrons. The Morgan fingerprint density at radius 3 is 2.24 bits per heavy atom. The average molecular weight is 534 g/mol. The molecule has 4 aromatic rings. The zero-order valence-corrected chi connectivity index (χ0v) is 19.6. The first-order valence-corrected chi connectivity index (χ1v) is 12.1. The number of nitrogens with two attached hydrogens (primary N) is 2. The topological polar surface area (TPSA) is 133 Å². The van der Waals surface area contributed by atoms with Crippen LogP contribution in [0.5, 0.6) is 0 Å². The van der Waals surface area contributed by atoms with Crippen molar-refractivity contribution in [1.29, 1.82) is 0 Å². The summed E-state index contributed by atoms with van der Waals surface area (Å²) in [6.07, 6.45) is -4.82. The van der Waals surface area contributed by atoms with Crippen LogP contribution in [0, 0.1) is 5.82 Å². The molecule has 0 saturated heterocycles. The van der Waals surface area contributed by atoms with Crippen molar-refractivity contribution < 1.29 is 30.8 Å². The Kier molecular flexibility index (Phi) is 6.86. The number of hydrogen-bond acceptors (Lipinski definition) is 5. The minimum absolute atomic E-state index is 0.116. The highest BCUT2D eigenvalue weighted by atomic mass is 32.2. The van der Waals surface area contributed by atoms with Crippen molar-refractivity contribution in [3.05, 3.63) is 95.6 Å². The molecule has 1 amide bonds. The molecule has 0 aliphatic carbocycles. The number of benzene rings is 3. The fraction of sp³-hybridized carbons (Fsp3) is 0.0833. The Labute approximate surface area is 208 Å². The van der Waals surface area contributed by atoms with Gasteiger partial charge in [0.15, 0.2) is 5.69 Å². The molecule has 0 fully saturated rings. The smallest absolute Gasteiger partial charge is 0.326 e. The second-order valence-electron chi connectivity index (χ2n) is 7.92. The molecule has 3 aromatic carbocycles. The van der Waals surface area contributed by atoms with E-state index in [9.17, 15) is 30.8 Å². The van der Waals surface area contributed by atoms with Crippen LogP contribution in [-0.4, -0.2) is 24.1 Å². The van der Waals surface area contributed by atoms with Crippen LogP contribution in [-0.2, 0) is 22.7 Å². The molecule has 0 saturated carbocycles. The van der Waals surface area contributed by atoms with Gasteiger partial charge >= 0.3 is 6.18 Å². The Hall–Kier alpha value is -4.07. The number of aromatic nitrogens is 2. The molecule has 0 aliphatic heterocycles. The van der Waals surface area contributed by atoms with Crippen molar-refractivity contribution in [2.45, 2.75) is 17.6 Å². The summed E-state index contributed by atoms with van der Waals surface area (Å²) in [6, 6.07) is 15.9. The van der Waals surface area contributed by atoms with Gasteiger partial charge in [-0.25, -0.2) is 22.6 Å². The number of rotatable bonds is 6. The van der Waals surface area contributed by atoms with E-state index < -0.39 is 39.3 Å². The molecular weight excluding hydrogens is 514 g/mol. The van der Waals surface area contributed by atoms with Gasteiger partial charge in [0.1, 0.15) is 11.5 Å². The highest BCUT2D eigenvalue weighted by molar-refractivity contribution is 7.89. The quantitative estimate of drug-likeness (QED) is 0.322. The number of carbonyl (C=O) groups excluding carboxylic acids is 1. The molecule has 0 spiro atoms. The number of hydrogen-bond donors (Lipinski definition) is 3. The number of alkyl halides is 3. The molecule has 37 heavy (non-hydrogen) atoms. The standard InChI is InChI=1S/C24H19F4N5O3S/c25-19-11-16(15-4-7-18(8-5-15)37(30,35)36)6-9-20(19)31-23(34)21-12-22(24(26,27)28)32-33(21)17-3-1-2-14(10-17)13-29/h1-12H,13,29H2,(H,31,34)(H2,30,35,36). The monoisotopic (exact) mass is 533 g/mol. The average Bonchev–Trinajstić information content (AvgIpc) is 3.31. The molecule has 0 atom stereocenters. The number of carbonyl (C=O) groups is 1. The summed E-state index contributed by atoms with van der Waals surface area (Å²) in [5.41, 5.74) is 5.16. The largest absolute Gasteiger partial charge is 0.435 e. The summed E-state index contributed by atoms with van der Waals surface area (Å²) in [5.74, 6) is -1.89. The van der Waals surface area contributed by atoms with Crippen molar-refractivity contribution in [1.82, 2.24) is 9.78 Å². The van der Waals surface area contributed by atoms with E-state index in [0.717, 1.165) is 10.7 Å². The predicted molar refractivity (Wildman–Crippen MR) is 128 cm³/mol. The second kappa shape index (κ2) is 9.76. The van der Waals surface area contributed by atoms with Crippen molar-refractivity contribution >= 4 is 21.6 Å². The van der Waals surface area contributed by atoms with Gasteiger partial charge < -0.3 is 11.1 Å². The van der Waals surface area contributed by atoms with Crippen LogP contribution in [0.1, 0.15) is 21.7 Å². The molecule has 4 rings (SSSR count). The van der Waals surface area contributed by atoms with Crippen molar-refractivity contribution in [3.63, 3.8) is 0 Å². The molecule has 13 heteroatoms. The van der Waals surface area contributed by atoms with E-state index in [-0.39, 0.29) is 22.8 Å². The van der Waals surface area contributed by atoms with E-state index in [4.69, 9.17) is 10.9 Å². The summed E-state index contributed by atoms with van der Waals surface area (Å²) in [5, 5.41) is 10.9. The van der Waals surface area contributed by atoms with Gasteiger partial charge in [-0.15, -0.1) is 0 Å². The van der Waals surface area contributed by atoms with E-state index >= 15 is 0 Å². The van der Waals surface area contributed by atoms with Crippen LogP contribution in [0.4, 0.5) is 23.2 Å². The maximum atomic E-state index is 14.9. The van der Waals surface area contributed by atoms with E-state index in [1.165, 1.54) is 48.5 Å².